The number of carbonyl (C=O) groups excluding carboxylic acids is 6. The summed E-state index contributed by atoms with van der Waals surface area (Å²) < 4.78 is 0. The van der Waals surface area contributed by atoms with Crippen LogP contribution in [0, 0.1) is 59.2 Å². The minimum atomic E-state index is -0.832. The van der Waals surface area contributed by atoms with Crippen molar-refractivity contribution in [1.29, 1.82) is 0 Å². The molecule has 23 nitrogen and oxygen atoms in total. The number of ketones is 1. The Kier molecular flexibility index (Phi) is 24.7. The van der Waals surface area contributed by atoms with Gasteiger partial charge in [-0.05, 0) is 349 Å². The van der Waals surface area contributed by atoms with Crippen LogP contribution in [-0.4, -0.2) is 190 Å². The first-order chi connectivity index (χ1) is 65.3. The normalized spacial score (nSPS) is 35.0. The number of piperidine rings is 4. The van der Waals surface area contributed by atoms with Crippen molar-refractivity contribution in [3.63, 3.8) is 0 Å². The van der Waals surface area contributed by atoms with Crippen molar-refractivity contribution in [3.05, 3.63) is 168 Å². The number of aliphatic hydroxyl groups excluding tert-OH is 1. The average Bonchev–Trinajstić information content (AvgIpc) is 0.529. The fourth-order valence-corrected chi connectivity index (χ4v) is 33.4. The number of Topliss-reactive ketones (excluding diaryl/α,β-unsaturated/α-hetero) is 1. The van der Waals surface area contributed by atoms with Gasteiger partial charge in [0.2, 0.25) is 0 Å². The van der Waals surface area contributed by atoms with E-state index in [1.807, 2.05) is 30.3 Å². The third-order valence-electron chi connectivity index (χ3n) is 40.9. The van der Waals surface area contributed by atoms with Gasteiger partial charge >= 0.3 is 0 Å². The highest BCUT2D eigenvalue weighted by atomic mass is 16.3. The maximum absolute atomic E-state index is 12.5. The van der Waals surface area contributed by atoms with Crippen LogP contribution in [0.1, 0.15) is 351 Å². The van der Waals surface area contributed by atoms with Gasteiger partial charge in [0.15, 0.2) is 0 Å². The molecular weight excluding hydrogens is 1710 g/mol. The lowest BCUT2D eigenvalue weighted by Crippen LogP contribution is -2.72. The van der Waals surface area contributed by atoms with Crippen molar-refractivity contribution in [2.75, 3.05) is 52.4 Å². The molecule has 4 aliphatic heterocycles. The molecule has 11 saturated carbocycles. The van der Waals surface area contributed by atoms with Gasteiger partial charge in [0.25, 0.3) is 29.5 Å². The van der Waals surface area contributed by atoms with Crippen LogP contribution in [-0.2, 0) is 64.0 Å². The summed E-state index contributed by atoms with van der Waals surface area (Å²) >= 11 is 0. The number of aliphatic hydroxyl groups is 3. The Bertz CT molecular complexity index is 5480. The molecule has 5 aromatic rings. The molecule has 17 atom stereocenters. The Balaban J connectivity index is 0.000000102. The van der Waals surface area contributed by atoms with Gasteiger partial charge in [0.1, 0.15) is 34.5 Å². The molecule has 730 valence electrons. The minimum Gasteiger partial charge on any atom is -0.507 e. The van der Waals surface area contributed by atoms with Gasteiger partial charge in [-0.1, -0.05) is 112 Å². The molecule has 10 bridgehead atoms. The fourth-order valence-electron chi connectivity index (χ4n) is 33.4. The quantitative estimate of drug-likeness (QED) is 0.0433. The second-order valence-corrected chi connectivity index (χ2v) is 47.2. The molecule has 25 rings (SSSR count). The van der Waals surface area contributed by atoms with Crippen LogP contribution in [0.25, 0.3) is 0 Å². The van der Waals surface area contributed by atoms with Gasteiger partial charge in [-0.15, -0.1) is 0 Å². The van der Waals surface area contributed by atoms with Crippen LogP contribution < -0.4 is 28.7 Å². The number of carbonyl (C=O) groups is 6. The standard InChI is InChI=1S/C24H31NO3.C23H30N2O2.2C22H30N2O3.C22H28N2O3/c1-14-7-10-24(28)19-12-17-5-6-18(22(25)27)21(26)20(17)23(24,13-14)9-8-16(19)11-15-3-2-4-15;1-14-5-8-18-19-11-16-6-7-17(22(24)27)21(26)20(16)23(18,12-14)9-10-25(19)13-15-3-2-4-15;23-20(26)16-7-6-15-12-17-22(27)9-2-1-8-21(22,18(15)19(16)25)10-11-24(17)13-14-4-3-5-14;2*23-21(27)16-6-4-14-10-18-17-7-5-15(25)11-22(17,19(14)20(16)26)8-9-24(18)12-13-2-1-3-13/h5-6,15-16,19,26,28H,1-4,7-13H2,(H2,25,27);6-7,15,18-19,26H,1-5,8-13H2,(H2,24,27);6-7,14,17,25,27H,1-5,8-13H2,(H2,23,26);4,6,13,15,17-18,25-26H,1-3,5,7-12H2,(H2,23,27);4,6,13,17-18,26H,1-3,5,7-12H2,(H2,23,27)/t16?,19-,23+,24+;18-,19+,23-;17-,21+,22-;15-,17-,18+,22-;17-,18+,22-/m00100/s1. The van der Waals surface area contributed by atoms with Gasteiger partial charge in [-0.2, -0.15) is 0 Å². The topological polar surface area (TPSA) is 407 Å². The number of hydrogen-bond acceptors (Lipinski definition) is 18. The zero-order chi connectivity index (χ0) is 94.8. The lowest BCUT2D eigenvalue weighted by molar-refractivity contribution is -0.169. The number of nitrogens with two attached hydrogens (primary N) is 5. The summed E-state index contributed by atoms with van der Waals surface area (Å²) in [6.45, 7) is 17.3. The van der Waals surface area contributed by atoms with E-state index < -0.39 is 51.6 Å². The largest absolute Gasteiger partial charge is 0.507 e. The smallest absolute Gasteiger partial charge is 0.252 e. The van der Waals surface area contributed by atoms with Crippen LogP contribution in [0.15, 0.2) is 85.0 Å². The Morgan fingerprint density at radius 2 is 0.728 bits per heavy atom. The first kappa shape index (κ1) is 93.6. The van der Waals surface area contributed by atoms with Crippen LogP contribution in [0.2, 0.25) is 0 Å². The third kappa shape index (κ3) is 15.3. The summed E-state index contributed by atoms with van der Waals surface area (Å²) in [5.74, 6) is 3.89. The molecular formula is C113H149N9O14. The van der Waals surface area contributed by atoms with Crippen LogP contribution in [0.5, 0.6) is 28.7 Å². The second-order valence-electron chi connectivity index (χ2n) is 47.2. The number of likely N-dealkylation sites (tertiary alicyclic amines) is 4. The number of fused-ring (bicyclic) bond motifs is 5. The number of amides is 5. The summed E-state index contributed by atoms with van der Waals surface area (Å²) in [5.41, 5.74) is 37.8. The van der Waals surface area contributed by atoms with Crippen LogP contribution >= 0.6 is 0 Å². The molecule has 4 saturated heterocycles. The Hall–Kier alpha value is -8.68. The van der Waals surface area contributed by atoms with Crippen molar-refractivity contribution in [2.24, 2.45) is 87.8 Å². The molecule has 4 heterocycles. The summed E-state index contributed by atoms with van der Waals surface area (Å²) in [6.07, 6.45) is 44.8. The Morgan fingerprint density at radius 1 is 0.346 bits per heavy atom. The molecule has 5 aromatic carbocycles. The molecule has 16 aliphatic carbocycles. The lowest BCUT2D eigenvalue weighted by atomic mass is 9.43. The number of rotatable bonds is 15. The van der Waals surface area contributed by atoms with Crippen molar-refractivity contribution in [2.45, 2.75) is 345 Å². The molecule has 0 radical (unpaired) electrons. The van der Waals surface area contributed by atoms with Gasteiger partial charge < -0.3 is 69.5 Å². The maximum atomic E-state index is 12.5. The van der Waals surface area contributed by atoms with Gasteiger partial charge in [-0.25, -0.2) is 0 Å². The van der Waals surface area contributed by atoms with Gasteiger partial charge in [0, 0.05) is 118 Å². The van der Waals surface area contributed by atoms with Crippen molar-refractivity contribution < 1.29 is 69.6 Å². The predicted octanol–water partition coefficient (Wildman–Crippen LogP) is 14.8. The van der Waals surface area contributed by atoms with Crippen molar-refractivity contribution >= 4 is 35.3 Å². The third-order valence-corrected chi connectivity index (χ3v) is 40.9. The predicted molar refractivity (Wildman–Crippen MR) is 521 cm³/mol. The second kappa shape index (κ2) is 35.8. The van der Waals surface area contributed by atoms with E-state index in [1.54, 1.807) is 30.3 Å². The molecule has 0 spiro atoms. The van der Waals surface area contributed by atoms with Crippen LogP contribution in [0.4, 0.5) is 0 Å². The van der Waals surface area contributed by atoms with Gasteiger partial charge in [0.05, 0.1) is 45.1 Å². The van der Waals surface area contributed by atoms with E-state index in [2.05, 4.69) is 32.8 Å². The van der Waals surface area contributed by atoms with E-state index in [0.717, 1.165) is 259 Å². The number of nitrogens with zero attached hydrogens (tertiary/aromatic N) is 4. The number of hydrogen-bond donors (Lipinski definition) is 13. The van der Waals surface area contributed by atoms with E-state index in [0.29, 0.717) is 73.9 Å². The number of primary amides is 5. The van der Waals surface area contributed by atoms with Gasteiger partial charge in [-0.3, -0.25) is 48.4 Å². The summed E-state index contributed by atoms with van der Waals surface area (Å²) in [6, 6.07) is 19.9. The number of aromatic hydroxyl groups is 5. The van der Waals surface area contributed by atoms with Crippen molar-refractivity contribution in [3.8, 4) is 28.7 Å². The number of phenols is 5. The molecule has 23 heteroatoms. The zero-order valence-electron chi connectivity index (χ0n) is 80.1. The molecule has 1 unspecified atom stereocenters. The minimum absolute atomic E-state index is 0.00554. The number of allylic oxidation sites excluding steroid dienone is 2. The maximum Gasteiger partial charge on any atom is 0.252 e. The van der Waals surface area contributed by atoms with E-state index in [-0.39, 0.29) is 96.7 Å². The first-order valence-electron chi connectivity index (χ1n) is 53.0. The number of benzene rings is 5. The summed E-state index contributed by atoms with van der Waals surface area (Å²) in [7, 11) is 0. The molecule has 15 fully saturated rings. The molecule has 20 aliphatic rings. The fraction of sp³-hybridized carbons (Fsp3) is 0.646. The highest BCUT2D eigenvalue weighted by Crippen LogP contribution is 2.69. The van der Waals surface area contributed by atoms with E-state index in [4.69, 9.17) is 28.7 Å². The van der Waals surface area contributed by atoms with Crippen molar-refractivity contribution in [1.82, 2.24) is 19.6 Å². The van der Waals surface area contributed by atoms with E-state index in [1.165, 1.54) is 134 Å². The Labute approximate surface area is 802 Å². The Morgan fingerprint density at radius 3 is 1.18 bits per heavy atom. The van der Waals surface area contributed by atoms with E-state index in [9.17, 15) is 69.6 Å². The average molecular weight is 1860 g/mol. The monoisotopic (exact) mass is 1860 g/mol. The van der Waals surface area contributed by atoms with Crippen LogP contribution in [0.3, 0.4) is 0 Å². The highest BCUT2D eigenvalue weighted by molar-refractivity contribution is 5.99. The SMILES string of the molecule is C=C1CC[C@@]2(O)[C@H]3Cc4ccc(C(N)=O)c(O)c4[C@@]2(CCC3CC2CCC2)C1.C=C1CC[C@H]2[C@H]3Cc4ccc(C(N)=O)c(O)c4[C@@]2(CCN3CC2CCC2)C1.NC(=O)c1ccc2c(c1O)[C@@]13CCCC[C@@]1(O)[C@@H](C2)N(CC1CCC1)CC3.NC(=O)c1ccc2c(c1O)[C@]13CCN(CC4CCC4)[C@H](C2)[C@@H]1CCC(=O)C3.NC(=O)c1ccc2c(c1O)[C@]13CCN(CC4CCC4)[C@H](C2)[C@@H]1CC[C@H](O)C3. The van der Waals surface area contributed by atoms with E-state index >= 15 is 0 Å². The molecule has 0 aromatic heterocycles. The summed E-state index contributed by atoms with van der Waals surface area (Å²) in [4.78, 5) is 82.3. The highest BCUT2D eigenvalue weighted by Gasteiger charge is 2.68. The summed E-state index contributed by atoms with van der Waals surface area (Å²) in [5, 5.41) is 89.9. The first-order valence-corrected chi connectivity index (χ1v) is 53.0. The zero-order valence-corrected chi connectivity index (χ0v) is 80.1. The molecule has 5 amide bonds. The lowest BCUT2D eigenvalue weighted by Gasteiger charge is -2.64. The molecule has 136 heavy (non-hydrogen) atoms. The molecule has 18 N–H and O–H groups in total.